The van der Waals surface area contributed by atoms with Crippen LogP contribution in [0.2, 0.25) is 0 Å². The molecule has 1 aliphatic rings. The largest absolute Gasteiger partial charge is 0.299 e. The van der Waals surface area contributed by atoms with E-state index in [1.54, 1.807) is 36.8 Å². The van der Waals surface area contributed by atoms with Crippen molar-refractivity contribution in [1.29, 1.82) is 0 Å². The van der Waals surface area contributed by atoms with Crippen molar-refractivity contribution in [3.8, 4) is 16.8 Å². The van der Waals surface area contributed by atoms with Crippen LogP contribution in [0.3, 0.4) is 0 Å². The number of benzene rings is 3. The molecule has 6 nitrogen and oxygen atoms in total. The fraction of sp³-hybridized carbons (Fsp3) is 0.0370. The summed E-state index contributed by atoms with van der Waals surface area (Å²) in [5.74, 6) is -0.512. The Hall–Kier alpha value is -4.58. The van der Waals surface area contributed by atoms with E-state index in [0.717, 1.165) is 33.4 Å². The third kappa shape index (κ3) is 3.20. The highest BCUT2D eigenvalue weighted by atomic mass is 16.2. The lowest BCUT2D eigenvalue weighted by Crippen LogP contribution is -2.29. The molecule has 0 bridgehead atoms. The SMILES string of the molecule is O=C1c2ccccc2C(=O)N1Cc1ccc2c(c1)ncn2-c1cccc(-c2cccnc2)c1. The lowest BCUT2D eigenvalue weighted by atomic mass is 10.1. The molecule has 0 N–H and O–H groups in total. The minimum Gasteiger partial charge on any atom is -0.299 e. The standard InChI is InChI=1S/C27H18N4O2/c32-26-22-8-1-2-9-23(22)27(33)30(26)16-18-10-11-25-24(13-18)29-17-31(25)21-7-3-5-19(14-21)20-6-4-12-28-15-20/h1-15,17H,16H2. The fourth-order valence-electron chi connectivity index (χ4n) is 4.30. The molecular weight excluding hydrogens is 412 g/mol. The topological polar surface area (TPSA) is 68.1 Å². The summed E-state index contributed by atoms with van der Waals surface area (Å²) in [6.45, 7) is 0.214. The number of amides is 2. The molecule has 33 heavy (non-hydrogen) atoms. The van der Waals surface area contributed by atoms with Crippen LogP contribution in [-0.4, -0.2) is 31.2 Å². The Labute approximate surface area is 189 Å². The zero-order valence-corrected chi connectivity index (χ0v) is 17.6. The van der Waals surface area contributed by atoms with Crippen molar-refractivity contribution in [3.63, 3.8) is 0 Å². The highest BCUT2D eigenvalue weighted by Crippen LogP contribution is 2.27. The van der Waals surface area contributed by atoms with Gasteiger partial charge in [0.1, 0.15) is 6.33 Å². The van der Waals surface area contributed by atoms with Crippen LogP contribution < -0.4 is 0 Å². The summed E-state index contributed by atoms with van der Waals surface area (Å²) in [5, 5.41) is 0. The van der Waals surface area contributed by atoms with Gasteiger partial charge in [0.25, 0.3) is 11.8 Å². The van der Waals surface area contributed by atoms with Crippen molar-refractivity contribution in [2.45, 2.75) is 6.54 Å². The van der Waals surface area contributed by atoms with Gasteiger partial charge in [0.05, 0.1) is 28.7 Å². The maximum Gasteiger partial charge on any atom is 0.261 e. The number of carbonyl (C=O) groups excluding carboxylic acids is 2. The second kappa shape index (κ2) is 7.53. The van der Waals surface area contributed by atoms with E-state index < -0.39 is 0 Å². The average molecular weight is 430 g/mol. The Bertz CT molecular complexity index is 1500. The van der Waals surface area contributed by atoms with E-state index in [-0.39, 0.29) is 18.4 Å². The van der Waals surface area contributed by atoms with Crippen molar-refractivity contribution < 1.29 is 9.59 Å². The minimum absolute atomic E-state index is 0.214. The molecule has 5 aromatic rings. The second-order valence-electron chi connectivity index (χ2n) is 7.97. The molecule has 0 atom stereocenters. The summed E-state index contributed by atoms with van der Waals surface area (Å²) in [6.07, 6.45) is 5.39. The molecule has 3 aromatic carbocycles. The van der Waals surface area contributed by atoms with E-state index in [9.17, 15) is 9.59 Å². The lowest BCUT2D eigenvalue weighted by molar-refractivity contribution is 0.0642. The predicted octanol–water partition coefficient (Wildman–Crippen LogP) is 4.88. The van der Waals surface area contributed by atoms with Gasteiger partial charge in [-0.3, -0.25) is 24.0 Å². The third-order valence-electron chi connectivity index (χ3n) is 5.95. The van der Waals surface area contributed by atoms with Gasteiger partial charge in [-0.15, -0.1) is 0 Å². The van der Waals surface area contributed by atoms with Crippen LogP contribution >= 0.6 is 0 Å². The first-order valence-corrected chi connectivity index (χ1v) is 10.6. The number of imidazole rings is 1. The molecule has 0 saturated carbocycles. The zero-order chi connectivity index (χ0) is 22.4. The molecule has 0 aliphatic carbocycles. The molecule has 0 spiro atoms. The Morgan fingerprint density at radius 2 is 1.55 bits per heavy atom. The summed E-state index contributed by atoms with van der Waals surface area (Å²) in [5.41, 5.74) is 6.64. The summed E-state index contributed by atoms with van der Waals surface area (Å²) >= 11 is 0. The quantitative estimate of drug-likeness (QED) is 0.381. The highest BCUT2D eigenvalue weighted by Gasteiger charge is 2.34. The number of hydrogen-bond acceptors (Lipinski definition) is 4. The van der Waals surface area contributed by atoms with Crippen LogP contribution in [0.4, 0.5) is 0 Å². The molecule has 0 fully saturated rings. The molecule has 0 saturated heterocycles. The van der Waals surface area contributed by atoms with Crippen molar-refractivity contribution in [2.24, 2.45) is 0 Å². The van der Waals surface area contributed by atoms with Gasteiger partial charge in [-0.25, -0.2) is 4.98 Å². The van der Waals surface area contributed by atoms with E-state index in [1.165, 1.54) is 4.90 Å². The van der Waals surface area contributed by atoms with Crippen molar-refractivity contribution in [3.05, 3.63) is 114 Å². The first-order chi connectivity index (χ1) is 16.2. The molecule has 0 unspecified atom stereocenters. The summed E-state index contributed by atoms with van der Waals surface area (Å²) in [6, 6.07) is 24.9. The number of aromatic nitrogens is 3. The van der Waals surface area contributed by atoms with E-state index in [4.69, 9.17) is 0 Å². The van der Waals surface area contributed by atoms with Gasteiger partial charge in [-0.2, -0.15) is 0 Å². The first-order valence-electron chi connectivity index (χ1n) is 10.6. The lowest BCUT2D eigenvalue weighted by Gasteiger charge is -2.14. The van der Waals surface area contributed by atoms with Crippen LogP contribution in [0, 0.1) is 0 Å². The summed E-state index contributed by atoms with van der Waals surface area (Å²) in [4.78, 5) is 35.5. The Morgan fingerprint density at radius 1 is 0.758 bits per heavy atom. The van der Waals surface area contributed by atoms with E-state index in [0.29, 0.717) is 11.1 Å². The van der Waals surface area contributed by atoms with Gasteiger partial charge >= 0.3 is 0 Å². The van der Waals surface area contributed by atoms with Gasteiger partial charge in [0.2, 0.25) is 0 Å². The minimum atomic E-state index is -0.256. The zero-order valence-electron chi connectivity index (χ0n) is 17.6. The van der Waals surface area contributed by atoms with E-state index in [1.807, 2.05) is 53.2 Å². The normalized spacial score (nSPS) is 13.0. The molecule has 1 aliphatic heterocycles. The molecule has 3 heterocycles. The van der Waals surface area contributed by atoms with Crippen molar-refractivity contribution >= 4 is 22.8 Å². The maximum atomic E-state index is 12.7. The molecule has 2 aromatic heterocycles. The molecule has 6 heteroatoms. The van der Waals surface area contributed by atoms with Gasteiger partial charge in [0, 0.05) is 23.6 Å². The Kier molecular flexibility index (Phi) is 4.36. The molecular formula is C27H18N4O2. The number of carbonyl (C=O) groups is 2. The number of nitrogens with zero attached hydrogens (tertiary/aromatic N) is 4. The molecule has 0 radical (unpaired) electrons. The average Bonchev–Trinajstić information content (AvgIpc) is 3.40. The van der Waals surface area contributed by atoms with Gasteiger partial charge in [-0.1, -0.05) is 36.4 Å². The summed E-state index contributed by atoms with van der Waals surface area (Å²) < 4.78 is 2.03. The monoisotopic (exact) mass is 430 g/mol. The van der Waals surface area contributed by atoms with E-state index in [2.05, 4.69) is 22.1 Å². The van der Waals surface area contributed by atoms with Gasteiger partial charge in [-0.05, 0) is 53.6 Å². The number of fused-ring (bicyclic) bond motifs is 2. The number of imide groups is 1. The maximum absolute atomic E-state index is 12.7. The van der Waals surface area contributed by atoms with Crippen LogP contribution in [0.1, 0.15) is 26.3 Å². The smallest absolute Gasteiger partial charge is 0.261 e. The highest BCUT2D eigenvalue weighted by molar-refractivity contribution is 6.21. The fourth-order valence-corrected chi connectivity index (χ4v) is 4.30. The summed E-state index contributed by atoms with van der Waals surface area (Å²) in [7, 11) is 0. The van der Waals surface area contributed by atoms with E-state index >= 15 is 0 Å². The van der Waals surface area contributed by atoms with Crippen molar-refractivity contribution in [1.82, 2.24) is 19.4 Å². The number of pyridine rings is 1. The van der Waals surface area contributed by atoms with Crippen LogP contribution in [0.25, 0.3) is 27.8 Å². The first kappa shape index (κ1) is 19.1. The van der Waals surface area contributed by atoms with Gasteiger partial charge < -0.3 is 0 Å². The predicted molar refractivity (Wildman–Crippen MR) is 125 cm³/mol. The van der Waals surface area contributed by atoms with Crippen LogP contribution in [0.15, 0.2) is 97.6 Å². The van der Waals surface area contributed by atoms with Crippen LogP contribution in [0.5, 0.6) is 0 Å². The van der Waals surface area contributed by atoms with Gasteiger partial charge in [0.15, 0.2) is 0 Å². The molecule has 2 amide bonds. The molecule has 158 valence electrons. The second-order valence-corrected chi connectivity index (χ2v) is 7.97. The molecule has 6 rings (SSSR count). The number of hydrogen-bond donors (Lipinski definition) is 0. The van der Waals surface area contributed by atoms with Crippen molar-refractivity contribution in [2.75, 3.05) is 0 Å². The Balaban J connectivity index is 1.31. The third-order valence-corrected chi connectivity index (χ3v) is 5.95. The Morgan fingerprint density at radius 3 is 2.30 bits per heavy atom. The van der Waals surface area contributed by atoms with Crippen LogP contribution in [-0.2, 0) is 6.54 Å². The number of rotatable bonds is 4.